The zero-order valence-electron chi connectivity index (χ0n) is 71.0. The molecule has 0 aromatic rings. The molecule has 0 saturated carbocycles. The molecule has 0 aliphatic carbocycles. The molecule has 0 aliphatic rings. The van der Waals surface area contributed by atoms with E-state index in [-0.39, 0.29) is 25.7 Å². The fourth-order valence-electron chi connectivity index (χ4n) is 14.0. The second kappa shape index (κ2) is 81.6. The van der Waals surface area contributed by atoms with Crippen LogP contribution in [0.15, 0.2) is 0 Å². The molecule has 642 valence electrons. The Bertz CT molecular complexity index is 2050. The largest absolute Gasteiger partial charge is 0.472 e. The molecule has 0 saturated heterocycles. The van der Waals surface area contributed by atoms with Crippen LogP contribution < -0.4 is 0 Å². The van der Waals surface area contributed by atoms with Crippen molar-refractivity contribution < 1.29 is 80.2 Å². The van der Waals surface area contributed by atoms with Gasteiger partial charge < -0.3 is 33.8 Å². The topological polar surface area (TPSA) is 237 Å². The molecule has 0 radical (unpaired) electrons. The van der Waals surface area contributed by atoms with E-state index in [1.54, 1.807) is 0 Å². The molecule has 19 heteroatoms. The summed E-state index contributed by atoms with van der Waals surface area (Å²) >= 11 is 0. The van der Waals surface area contributed by atoms with Gasteiger partial charge in [0, 0.05) is 25.7 Å². The van der Waals surface area contributed by atoms with Crippen LogP contribution in [0.2, 0.25) is 0 Å². The molecule has 0 heterocycles. The molecule has 0 rings (SSSR count). The number of ether oxygens (including phenoxy) is 4. The molecule has 3 N–H and O–H groups in total. The minimum Gasteiger partial charge on any atom is -0.462 e. The lowest BCUT2D eigenvalue weighted by Crippen LogP contribution is -2.30. The van der Waals surface area contributed by atoms with Gasteiger partial charge in [0.1, 0.15) is 19.3 Å². The molecule has 0 bridgehead atoms. The Balaban J connectivity index is 5.21. The number of aliphatic hydroxyl groups excluding tert-OH is 1. The van der Waals surface area contributed by atoms with Gasteiger partial charge in [-0.2, -0.15) is 0 Å². The van der Waals surface area contributed by atoms with Gasteiger partial charge in [0.25, 0.3) is 0 Å². The van der Waals surface area contributed by atoms with Gasteiger partial charge in [-0.05, 0) is 31.6 Å². The second-order valence-electron chi connectivity index (χ2n) is 32.2. The van der Waals surface area contributed by atoms with Gasteiger partial charge in [0.15, 0.2) is 12.2 Å². The number of hydrogen-bond donors (Lipinski definition) is 3. The Hall–Kier alpha value is -1.94. The number of carbonyl (C=O) groups is 4. The van der Waals surface area contributed by atoms with Gasteiger partial charge in [-0.1, -0.05) is 433 Å². The van der Waals surface area contributed by atoms with Crippen molar-refractivity contribution in [3.8, 4) is 0 Å². The predicted octanol–water partition coefficient (Wildman–Crippen LogP) is 27.5. The van der Waals surface area contributed by atoms with Crippen LogP contribution in [-0.4, -0.2) is 96.7 Å². The van der Waals surface area contributed by atoms with E-state index in [2.05, 4.69) is 34.6 Å². The second-order valence-corrected chi connectivity index (χ2v) is 35.1. The van der Waals surface area contributed by atoms with Crippen molar-refractivity contribution in [2.45, 2.75) is 502 Å². The highest BCUT2D eigenvalue weighted by atomic mass is 31.2. The third kappa shape index (κ3) is 80.7. The number of carbonyl (C=O) groups excluding carboxylic acids is 4. The van der Waals surface area contributed by atoms with Crippen LogP contribution in [-0.2, 0) is 65.4 Å². The lowest BCUT2D eigenvalue weighted by molar-refractivity contribution is -0.161. The fourth-order valence-corrected chi connectivity index (χ4v) is 15.5. The summed E-state index contributed by atoms with van der Waals surface area (Å²) < 4.78 is 69.0. The summed E-state index contributed by atoms with van der Waals surface area (Å²) in [5.74, 6) is -1.37. The van der Waals surface area contributed by atoms with E-state index in [1.165, 1.54) is 302 Å². The van der Waals surface area contributed by atoms with Crippen LogP contribution in [0.25, 0.3) is 0 Å². The first-order chi connectivity index (χ1) is 52.6. The zero-order valence-corrected chi connectivity index (χ0v) is 72.8. The Morgan fingerprint density at radius 1 is 0.259 bits per heavy atom. The molecule has 0 aromatic heterocycles. The molecule has 6 atom stereocenters. The Morgan fingerprint density at radius 2 is 0.444 bits per heavy atom. The van der Waals surface area contributed by atoms with Crippen molar-refractivity contribution in [1.82, 2.24) is 0 Å². The van der Waals surface area contributed by atoms with Crippen molar-refractivity contribution in [2.24, 2.45) is 5.92 Å². The predicted molar refractivity (Wildman–Crippen MR) is 446 cm³/mol. The molecule has 0 aliphatic heterocycles. The van der Waals surface area contributed by atoms with Gasteiger partial charge in [-0.3, -0.25) is 37.3 Å². The lowest BCUT2D eigenvalue weighted by atomic mass is 10.00. The van der Waals surface area contributed by atoms with Crippen molar-refractivity contribution in [2.75, 3.05) is 39.6 Å². The normalized spacial score (nSPS) is 14.0. The van der Waals surface area contributed by atoms with Gasteiger partial charge in [-0.25, -0.2) is 9.13 Å². The van der Waals surface area contributed by atoms with Crippen LogP contribution in [0.1, 0.15) is 484 Å². The smallest absolute Gasteiger partial charge is 0.462 e. The molecular formula is C89H174O17P2. The van der Waals surface area contributed by atoms with Crippen LogP contribution in [0.3, 0.4) is 0 Å². The van der Waals surface area contributed by atoms with E-state index >= 15 is 0 Å². The molecular weight excluding hydrogens is 1400 g/mol. The van der Waals surface area contributed by atoms with E-state index in [9.17, 15) is 43.2 Å². The van der Waals surface area contributed by atoms with Gasteiger partial charge in [0.2, 0.25) is 0 Å². The molecule has 0 aromatic carbocycles. The number of phosphoric ester groups is 2. The number of aliphatic hydroxyl groups is 1. The molecule has 0 fully saturated rings. The molecule has 17 nitrogen and oxygen atoms in total. The Morgan fingerprint density at radius 3 is 0.657 bits per heavy atom. The van der Waals surface area contributed by atoms with E-state index in [0.29, 0.717) is 25.7 Å². The summed E-state index contributed by atoms with van der Waals surface area (Å²) in [7, 11) is -9.93. The summed E-state index contributed by atoms with van der Waals surface area (Å²) in [5.41, 5.74) is 0. The summed E-state index contributed by atoms with van der Waals surface area (Å²) in [6.07, 6.45) is 76.6. The maximum Gasteiger partial charge on any atom is 0.472 e. The summed E-state index contributed by atoms with van der Waals surface area (Å²) in [6.45, 7) is 7.34. The third-order valence-corrected chi connectivity index (χ3v) is 23.3. The number of unbranched alkanes of at least 4 members (excludes halogenated alkanes) is 60. The highest BCUT2D eigenvalue weighted by molar-refractivity contribution is 7.47. The quantitative estimate of drug-likeness (QED) is 0.0222. The molecule has 0 amide bonds. The Labute approximate surface area is 664 Å². The maximum absolute atomic E-state index is 13.2. The average Bonchev–Trinajstić information content (AvgIpc) is 0.899. The van der Waals surface area contributed by atoms with Crippen molar-refractivity contribution in [3.05, 3.63) is 0 Å². The van der Waals surface area contributed by atoms with Crippen LogP contribution >= 0.6 is 15.6 Å². The molecule has 3 unspecified atom stereocenters. The van der Waals surface area contributed by atoms with E-state index in [4.69, 9.17) is 37.0 Å². The van der Waals surface area contributed by atoms with Gasteiger partial charge in [0.05, 0.1) is 26.4 Å². The highest BCUT2D eigenvalue weighted by Crippen LogP contribution is 2.45. The first kappa shape index (κ1) is 106. The molecule has 0 spiro atoms. The number of phosphoric acid groups is 2. The van der Waals surface area contributed by atoms with Crippen molar-refractivity contribution >= 4 is 39.5 Å². The monoisotopic (exact) mass is 1580 g/mol. The van der Waals surface area contributed by atoms with E-state index in [0.717, 1.165) is 102 Å². The number of rotatable bonds is 89. The minimum absolute atomic E-state index is 0.108. The Kier molecular flexibility index (Phi) is 80.2. The standard InChI is InChI=1S/C89H174O17P2/c1-6-10-13-16-19-22-25-28-31-33-35-37-39-41-43-46-49-52-55-58-65-70-74-88(93)105-84(78-99-86(91)72-67-62-56-53-50-47-45-42-40-38-36-34-32-29-26-23-20-17-14-11-7-2)80-103-107(95,96)101-76-83(90)77-102-108(97,98)104-81-85(79-100-87(92)73-68-63-60-59-61-66-71-82(5)9-4)106-89(94)75-69-64-57-54-51-48-44-30-27-24-21-18-15-12-8-3/h82-85,90H,6-81H2,1-5H3,(H,95,96)(H,97,98)/t82?,83-,84-,85-/m1/s1. The first-order valence-corrected chi connectivity index (χ1v) is 49.2. The maximum atomic E-state index is 13.2. The molecule has 108 heavy (non-hydrogen) atoms. The zero-order chi connectivity index (χ0) is 79.0. The average molecular weight is 1580 g/mol. The van der Waals surface area contributed by atoms with Crippen LogP contribution in [0, 0.1) is 5.92 Å². The number of esters is 4. The van der Waals surface area contributed by atoms with Crippen LogP contribution in [0.5, 0.6) is 0 Å². The fraction of sp³-hybridized carbons (Fsp3) is 0.955. The van der Waals surface area contributed by atoms with Crippen molar-refractivity contribution in [3.63, 3.8) is 0 Å². The van der Waals surface area contributed by atoms with Gasteiger partial charge >= 0.3 is 39.5 Å². The van der Waals surface area contributed by atoms with E-state index < -0.39 is 97.5 Å². The summed E-state index contributed by atoms with van der Waals surface area (Å²) in [5, 5.41) is 10.7. The van der Waals surface area contributed by atoms with E-state index in [1.807, 2.05) is 0 Å². The SMILES string of the molecule is CCCCCCCCCCCCCCCCCCCCCCCCC(=O)O[C@H](COC(=O)CCCCCCCCCCCCCCCCCCCCCCC)COP(=O)(O)OC[C@@H](O)COP(=O)(O)OC[C@@H](COC(=O)CCCCCCCCC(C)CC)OC(=O)CCCCCCCCCCCCCCCCC. The van der Waals surface area contributed by atoms with Crippen molar-refractivity contribution in [1.29, 1.82) is 0 Å². The summed E-state index contributed by atoms with van der Waals surface area (Å²) in [4.78, 5) is 73.3. The summed E-state index contributed by atoms with van der Waals surface area (Å²) in [6, 6.07) is 0. The third-order valence-electron chi connectivity index (χ3n) is 21.4. The van der Waals surface area contributed by atoms with Gasteiger partial charge in [-0.15, -0.1) is 0 Å². The number of hydrogen-bond acceptors (Lipinski definition) is 15. The highest BCUT2D eigenvalue weighted by Gasteiger charge is 2.31. The lowest BCUT2D eigenvalue weighted by Gasteiger charge is -2.21. The first-order valence-electron chi connectivity index (χ1n) is 46.2. The van der Waals surface area contributed by atoms with Crippen LogP contribution in [0.4, 0.5) is 0 Å². The minimum atomic E-state index is -4.97.